The zero-order valence-corrected chi connectivity index (χ0v) is 12.2. The molecular weight excluding hydrogens is 270 g/mol. The largest absolute Gasteiger partial charge is 0.507 e. The lowest BCUT2D eigenvalue weighted by atomic mass is 9.92. The number of nitrogens with one attached hydrogen (secondary N) is 1. The minimum atomic E-state index is -1.04. The highest BCUT2D eigenvalue weighted by atomic mass is 16.5. The Bertz CT molecular complexity index is 637. The van der Waals surface area contributed by atoms with Gasteiger partial charge in [0.2, 0.25) is 5.82 Å². The van der Waals surface area contributed by atoms with Crippen LogP contribution in [0, 0.1) is 13.8 Å². The minimum Gasteiger partial charge on any atom is -0.507 e. The molecule has 2 heterocycles. The van der Waals surface area contributed by atoms with E-state index in [1.165, 1.54) is 0 Å². The van der Waals surface area contributed by atoms with E-state index in [0.717, 1.165) is 29.8 Å². The molecule has 0 saturated carbocycles. The normalized spacial score (nSPS) is 17.9. The average molecular weight is 289 g/mol. The standard InChI is InChI=1S/C15H19N3O3/c1-9-7-11(8-10(2)12(9)19)13-17-14(21-18-13)15(20)3-5-16-6-4-15/h7-8,16,19-20H,3-6H2,1-2H3. The van der Waals surface area contributed by atoms with Gasteiger partial charge in [0.25, 0.3) is 5.89 Å². The molecular formula is C15H19N3O3. The molecule has 6 nitrogen and oxygen atoms in total. The number of piperidine rings is 1. The third-order valence-electron chi connectivity index (χ3n) is 4.00. The van der Waals surface area contributed by atoms with Crippen LogP contribution < -0.4 is 5.32 Å². The van der Waals surface area contributed by atoms with E-state index in [0.29, 0.717) is 18.7 Å². The maximum Gasteiger partial charge on any atom is 0.259 e. The molecule has 1 fully saturated rings. The molecule has 6 heteroatoms. The van der Waals surface area contributed by atoms with E-state index in [4.69, 9.17) is 4.52 Å². The fourth-order valence-corrected chi connectivity index (χ4v) is 2.67. The number of aromatic nitrogens is 2. The summed E-state index contributed by atoms with van der Waals surface area (Å²) in [6.45, 7) is 5.11. The van der Waals surface area contributed by atoms with E-state index in [1.807, 2.05) is 26.0 Å². The van der Waals surface area contributed by atoms with Crippen LogP contribution in [-0.2, 0) is 5.60 Å². The predicted molar refractivity (Wildman–Crippen MR) is 76.9 cm³/mol. The summed E-state index contributed by atoms with van der Waals surface area (Å²) in [5, 5.41) is 27.6. The van der Waals surface area contributed by atoms with Crippen molar-refractivity contribution in [3.05, 3.63) is 29.2 Å². The second-order valence-corrected chi connectivity index (χ2v) is 5.66. The SMILES string of the molecule is Cc1cc(-c2noc(C3(O)CCNCC3)n2)cc(C)c1O. The Balaban J connectivity index is 1.95. The van der Waals surface area contributed by atoms with Crippen molar-refractivity contribution in [2.45, 2.75) is 32.3 Å². The lowest BCUT2D eigenvalue weighted by Gasteiger charge is -2.28. The van der Waals surface area contributed by atoms with Gasteiger partial charge in [-0.2, -0.15) is 4.98 Å². The molecule has 1 aliphatic rings. The van der Waals surface area contributed by atoms with E-state index < -0.39 is 5.60 Å². The molecule has 0 unspecified atom stereocenters. The maximum atomic E-state index is 10.6. The molecule has 3 rings (SSSR count). The van der Waals surface area contributed by atoms with Crippen LogP contribution in [-0.4, -0.2) is 33.4 Å². The number of phenols is 1. The summed E-state index contributed by atoms with van der Waals surface area (Å²) in [6.07, 6.45) is 1.12. The Kier molecular flexibility index (Phi) is 3.43. The fourth-order valence-electron chi connectivity index (χ4n) is 2.67. The third-order valence-corrected chi connectivity index (χ3v) is 4.00. The lowest BCUT2D eigenvalue weighted by Crippen LogP contribution is -2.39. The van der Waals surface area contributed by atoms with E-state index in [2.05, 4.69) is 15.5 Å². The van der Waals surface area contributed by atoms with Crippen molar-refractivity contribution in [2.24, 2.45) is 0 Å². The van der Waals surface area contributed by atoms with Crippen LogP contribution in [0.1, 0.15) is 29.9 Å². The van der Waals surface area contributed by atoms with Gasteiger partial charge in [-0.15, -0.1) is 0 Å². The van der Waals surface area contributed by atoms with Crippen molar-refractivity contribution in [2.75, 3.05) is 13.1 Å². The molecule has 0 atom stereocenters. The maximum absolute atomic E-state index is 10.6. The highest BCUT2D eigenvalue weighted by Crippen LogP contribution is 2.32. The molecule has 3 N–H and O–H groups in total. The van der Waals surface area contributed by atoms with Gasteiger partial charge in [-0.25, -0.2) is 0 Å². The monoisotopic (exact) mass is 289 g/mol. The molecule has 1 aliphatic heterocycles. The van der Waals surface area contributed by atoms with Crippen molar-refractivity contribution in [1.29, 1.82) is 0 Å². The van der Waals surface area contributed by atoms with Crippen molar-refractivity contribution in [3.63, 3.8) is 0 Å². The van der Waals surface area contributed by atoms with Crippen LogP contribution in [0.5, 0.6) is 5.75 Å². The first-order valence-corrected chi connectivity index (χ1v) is 7.07. The van der Waals surface area contributed by atoms with Crippen LogP contribution in [0.3, 0.4) is 0 Å². The van der Waals surface area contributed by atoms with Gasteiger partial charge >= 0.3 is 0 Å². The molecule has 0 bridgehead atoms. The van der Waals surface area contributed by atoms with Crippen LogP contribution in [0.25, 0.3) is 11.4 Å². The van der Waals surface area contributed by atoms with Gasteiger partial charge in [0, 0.05) is 5.56 Å². The van der Waals surface area contributed by atoms with E-state index in [9.17, 15) is 10.2 Å². The Morgan fingerprint density at radius 2 is 1.81 bits per heavy atom. The summed E-state index contributed by atoms with van der Waals surface area (Å²) < 4.78 is 5.27. The number of aryl methyl sites for hydroxylation is 2. The van der Waals surface area contributed by atoms with Crippen molar-refractivity contribution < 1.29 is 14.7 Å². The van der Waals surface area contributed by atoms with Gasteiger partial charge in [-0.1, -0.05) is 5.16 Å². The van der Waals surface area contributed by atoms with Gasteiger partial charge < -0.3 is 20.1 Å². The topological polar surface area (TPSA) is 91.4 Å². The number of aromatic hydroxyl groups is 1. The summed E-state index contributed by atoms with van der Waals surface area (Å²) in [7, 11) is 0. The highest BCUT2D eigenvalue weighted by molar-refractivity contribution is 5.60. The van der Waals surface area contributed by atoms with E-state index in [1.54, 1.807) is 0 Å². The number of benzene rings is 1. The Labute approximate surface area is 122 Å². The van der Waals surface area contributed by atoms with Crippen LogP contribution in [0.4, 0.5) is 0 Å². The summed E-state index contributed by atoms with van der Waals surface area (Å²) in [5.41, 5.74) is 1.25. The van der Waals surface area contributed by atoms with Gasteiger partial charge in [-0.3, -0.25) is 0 Å². The second-order valence-electron chi connectivity index (χ2n) is 5.66. The van der Waals surface area contributed by atoms with Gasteiger partial charge in [0.05, 0.1) is 0 Å². The summed E-state index contributed by atoms with van der Waals surface area (Å²) in [6, 6.07) is 3.62. The average Bonchev–Trinajstić information content (AvgIpc) is 2.95. The Morgan fingerprint density at radius 1 is 1.19 bits per heavy atom. The molecule has 112 valence electrons. The summed E-state index contributed by atoms with van der Waals surface area (Å²) in [4.78, 5) is 4.35. The first-order valence-electron chi connectivity index (χ1n) is 7.07. The lowest BCUT2D eigenvalue weighted by molar-refractivity contribution is -0.0228. The molecule has 0 amide bonds. The molecule has 1 saturated heterocycles. The van der Waals surface area contributed by atoms with Crippen molar-refractivity contribution in [1.82, 2.24) is 15.5 Å². The number of phenolic OH excluding ortho intramolecular Hbond substituents is 1. The van der Waals surface area contributed by atoms with Crippen molar-refractivity contribution in [3.8, 4) is 17.1 Å². The zero-order valence-electron chi connectivity index (χ0n) is 12.2. The first-order chi connectivity index (χ1) is 9.99. The summed E-state index contributed by atoms with van der Waals surface area (Å²) >= 11 is 0. The Morgan fingerprint density at radius 3 is 2.43 bits per heavy atom. The van der Waals surface area contributed by atoms with Crippen LogP contribution in [0.2, 0.25) is 0 Å². The van der Waals surface area contributed by atoms with E-state index >= 15 is 0 Å². The van der Waals surface area contributed by atoms with Gasteiger partial charge in [0.1, 0.15) is 11.4 Å². The third kappa shape index (κ3) is 2.52. The molecule has 2 aromatic rings. The molecule has 21 heavy (non-hydrogen) atoms. The Hall–Kier alpha value is -1.92. The number of rotatable bonds is 2. The number of nitrogens with zero attached hydrogens (tertiary/aromatic N) is 2. The predicted octanol–water partition coefficient (Wildman–Crippen LogP) is 1.63. The van der Waals surface area contributed by atoms with E-state index in [-0.39, 0.29) is 11.6 Å². The highest BCUT2D eigenvalue weighted by Gasteiger charge is 2.37. The van der Waals surface area contributed by atoms with Crippen LogP contribution in [0.15, 0.2) is 16.7 Å². The van der Waals surface area contributed by atoms with Crippen LogP contribution >= 0.6 is 0 Å². The zero-order chi connectivity index (χ0) is 15.0. The molecule has 0 aliphatic carbocycles. The second kappa shape index (κ2) is 5.13. The number of aliphatic hydroxyl groups is 1. The molecule has 1 aromatic carbocycles. The van der Waals surface area contributed by atoms with Gasteiger partial charge in [0.15, 0.2) is 0 Å². The quantitative estimate of drug-likeness (QED) is 0.778. The first kappa shape index (κ1) is 14.0. The van der Waals surface area contributed by atoms with Crippen molar-refractivity contribution >= 4 is 0 Å². The smallest absolute Gasteiger partial charge is 0.259 e. The van der Waals surface area contributed by atoms with Gasteiger partial charge in [-0.05, 0) is 63.0 Å². The number of hydrogen-bond acceptors (Lipinski definition) is 6. The number of hydrogen-bond donors (Lipinski definition) is 3. The molecule has 0 radical (unpaired) electrons. The molecule has 0 spiro atoms. The summed E-state index contributed by atoms with van der Waals surface area (Å²) in [5.74, 6) is 0.977. The minimum absolute atomic E-state index is 0.266. The fraction of sp³-hybridized carbons (Fsp3) is 0.467. The molecule has 1 aromatic heterocycles.